The van der Waals surface area contributed by atoms with E-state index in [0.29, 0.717) is 17.7 Å². The fraction of sp³-hybridized carbons (Fsp3) is 0.167. The number of amides is 2. The molecule has 2 heterocycles. The average molecular weight is 318 g/mol. The Morgan fingerprint density at radius 3 is 2.75 bits per heavy atom. The third-order valence-electron chi connectivity index (χ3n) is 3.70. The number of aromatic nitrogens is 1. The molecule has 0 saturated heterocycles. The highest BCUT2D eigenvalue weighted by Gasteiger charge is 2.39. The van der Waals surface area contributed by atoms with Crippen LogP contribution in [-0.4, -0.2) is 29.6 Å². The third kappa shape index (κ3) is 2.79. The summed E-state index contributed by atoms with van der Waals surface area (Å²) in [7, 11) is 0. The molecule has 1 aliphatic rings. The highest BCUT2D eigenvalue weighted by molar-refractivity contribution is 6.28. The van der Waals surface area contributed by atoms with E-state index >= 15 is 0 Å². The highest BCUT2D eigenvalue weighted by atomic mass is 16.2. The second-order valence-electron chi connectivity index (χ2n) is 5.20. The van der Waals surface area contributed by atoms with Crippen LogP contribution >= 0.6 is 0 Å². The molecule has 1 aromatic heterocycles. The molecule has 0 unspecified atom stereocenters. The summed E-state index contributed by atoms with van der Waals surface area (Å²) in [6.07, 6.45) is 3.33. The Morgan fingerprint density at radius 2 is 2.00 bits per heavy atom. The Morgan fingerprint density at radius 1 is 1.21 bits per heavy atom. The van der Waals surface area contributed by atoms with Crippen LogP contribution in [0.1, 0.15) is 28.3 Å². The minimum atomic E-state index is -0.667. The molecule has 6 nitrogen and oxygen atoms in total. The van der Waals surface area contributed by atoms with Crippen molar-refractivity contribution in [3.63, 3.8) is 0 Å². The van der Waals surface area contributed by atoms with Crippen molar-refractivity contribution in [2.45, 2.75) is 12.3 Å². The van der Waals surface area contributed by atoms with Crippen LogP contribution in [0.2, 0.25) is 0 Å². The zero-order valence-electron chi connectivity index (χ0n) is 12.8. The van der Waals surface area contributed by atoms with Crippen molar-refractivity contribution in [3.8, 4) is 6.07 Å². The lowest BCUT2D eigenvalue weighted by molar-refractivity contribution is -0.118. The topological polar surface area (TPSA) is 86.4 Å². The Hall–Kier alpha value is -3.33. The number of carbonyl (C=O) groups is 2. The van der Waals surface area contributed by atoms with Crippen LogP contribution in [0.25, 0.3) is 0 Å². The first kappa shape index (κ1) is 15.6. The largest absolute Gasteiger partial charge is 0.295 e. The van der Waals surface area contributed by atoms with Crippen LogP contribution in [0.4, 0.5) is 5.82 Å². The summed E-state index contributed by atoms with van der Waals surface area (Å²) in [6.45, 7) is 0.319. The smallest absolute Gasteiger partial charge is 0.266 e. The summed E-state index contributed by atoms with van der Waals surface area (Å²) in [4.78, 5) is 35.0. The lowest BCUT2D eigenvalue weighted by Gasteiger charge is -2.30. The highest BCUT2D eigenvalue weighted by Crippen LogP contribution is 2.30. The van der Waals surface area contributed by atoms with Gasteiger partial charge in [0.05, 0.1) is 25.0 Å². The zero-order valence-corrected chi connectivity index (χ0v) is 12.8. The fourth-order valence-corrected chi connectivity index (χ4v) is 2.60. The summed E-state index contributed by atoms with van der Waals surface area (Å²) in [5, 5.41) is 8.59. The van der Waals surface area contributed by atoms with E-state index in [1.807, 2.05) is 6.07 Å². The van der Waals surface area contributed by atoms with Gasteiger partial charge in [-0.15, -0.1) is 0 Å². The first-order valence-electron chi connectivity index (χ1n) is 7.49. The number of benzene rings is 1. The molecule has 1 aromatic carbocycles. The molecule has 1 aliphatic heterocycles. The van der Waals surface area contributed by atoms with Crippen molar-refractivity contribution in [2.75, 3.05) is 11.4 Å². The van der Waals surface area contributed by atoms with Crippen LogP contribution in [0, 0.1) is 11.3 Å². The summed E-state index contributed by atoms with van der Waals surface area (Å²) in [5.41, 5.74) is 1.08. The summed E-state index contributed by atoms with van der Waals surface area (Å²) in [6, 6.07) is 14.0. The maximum Gasteiger partial charge on any atom is 0.266 e. The van der Waals surface area contributed by atoms with Gasteiger partial charge in [0.25, 0.3) is 5.91 Å². The number of imide groups is 1. The second-order valence-corrected chi connectivity index (χ2v) is 5.20. The van der Waals surface area contributed by atoms with Gasteiger partial charge in [-0.1, -0.05) is 24.3 Å². The van der Waals surface area contributed by atoms with E-state index in [9.17, 15) is 9.59 Å². The van der Waals surface area contributed by atoms with Crippen LogP contribution in [0.3, 0.4) is 0 Å². The van der Waals surface area contributed by atoms with Gasteiger partial charge < -0.3 is 0 Å². The third-order valence-corrected chi connectivity index (χ3v) is 3.70. The Kier molecular flexibility index (Phi) is 4.43. The van der Waals surface area contributed by atoms with E-state index in [0.717, 1.165) is 4.90 Å². The molecule has 0 radical (unpaired) electrons. The van der Waals surface area contributed by atoms with E-state index in [-0.39, 0.29) is 12.2 Å². The predicted molar refractivity (Wildman–Crippen MR) is 88.8 cm³/mol. The maximum atomic E-state index is 12.9. The number of anilines is 1. The monoisotopic (exact) mass is 318 g/mol. The number of hydrogen-bond donors (Lipinski definition) is 0. The molecule has 118 valence electrons. The van der Waals surface area contributed by atoms with Crippen LogP contribution in [-0.2, 0) is 4.79 Å². The van der Waals surface area contributed by atoms with Gasteiger partial charge in [0.2, 0.25) is 5.91 Å². The van der Waals surface area contributed by atoms with Crippen molar-refractivity contribution in [3.05, 3.63) is 59.8 Å². The average Bonchev–Trinajstić information content (AvgIpc) is 2.62. The van der Waals surface area contributed by atoms with E-state index in [1.165, 1.54) is 12.4 Å². The number of aliphatic imine (C=N–C) groups is 1. The van der Waals surface area contributed by atoms with E-state index in [2.05, 4.69) is 9.98 Å². The van der Waals surface area contributed by atoms with Gasteiger partial charge in [0, 0.05) is 18.0 Å². The second kappa shape index (κ2) is 6.84. The molecule has 0 saturated carbocycles. The number of hydrogen-bond acceptors (Lipinski definition) is 5. The van der Waals surface area contributed by atoms with Gasteiger partial charge in [0.1, 0.15) is 5.82 Å². The van der Waals surface area contributed by atoms with Crippen LogP contribution < -0.4 is 4.90 Å². The molecule has 0 fully saturated rings. The van der Waals surface area contributed by atoms with E-state index in [1.54, 1.807) is 42.5 Å². The molecular weight excluding hydrogens is 304 g/mol. The molecule has 1 atom stereocenters. The van der Waals surface area contributed by atoms with Gasteiger partial charge in [-0.3, -0.25) is 14.6 Å². The molecule has 0 bridgehead atoms. The number of fused-ring (bicyclic) bond motifs is 1. The predicted octanol–water partition coefficient (Wildman–Crippen LogP) is 2.34. The molecule has 3 rings (SSSR count). The lowest BCUT2D eigenvalue weighted by atomic mass is 9.89. The summed E-state index contributed by atoms with van der Waals surface area (Å²) in [5.74, 6) is -1.16. The van der Waals surface area contributed by atoms with Crippen molar-refractivity contribution >= 4 is 23.8 Å². The molecule has 0 aliphatic carbocycles. The number of rotatable bonds is 4. The first-order chi connectivity index (χ1) is 11.7. The van der Waals surface area contributed by atoms with E-state index in [4.69, 9.17) is 5.26 Å². The summed E-state index contributed by atoms with van der Waals surface area (Å²) >= 11 is 0. The SMILES string of the molecule is N#CCCN=C[C@H]1C(=O)N(c2ccccn2)C(=O)c2ccccc21. The van der Waals surface area contributed by atoms with Crippen molar-refractivity contribution in [2.24, 2.45) is 4.99 Å². The van der Waals surface area contributed by atoms with Crippen LogP contribution in [0.5, 0.6) is 0 Å². The molecule has 0 N–H and O–H groups in total. The minimum Gasteiger partial charge on any atom is -0.295 e. The van der Waals surface area contributed by atoms with Gasteiger partial charge >= 0.3 is 0 Å². The fourth-order valence-electron chi connectivity index (χ4n) is 2.60. The van der Waals surface area contributed by atoms with Crippen molar-refractivity contribution in [1.82, 2.24) is 4.98 Å². The Bertz CT molecular complexity index is 840. The Balaban J connectivity index is 2.04. The standard InChI is InChI=1S/C18H14N4O2/c19-9-5-10-20-12-15-13-6-1-2-7-14(13)17(23)22(18(15)24)16-8-3-4-11-21-16/h1-4,6-8,11-12,15H,5,10H2/t15-/m1/s1. The van der Waals surface area contributed by atoms with Crippen LogP contribution in [0.15, 0.2) is 53.7 Å². The molecule has 2 aromatic rings. The quantitative estimate of drug-likeness (QED) is 0.492. The number of carbonyl (C=O) groups excluding carboxylic acids is 2. The molecule has 24 heavy (non-hydrogen) atoms. The number of pyridine rings is 1. The lowest BCUT2D eigenvalue weighted by Crippen LogP contribution is -2.45. The van der Waals surface area contributed by atoms with Gasteiger partial charge in [0.15, 0.2) is 0 Å². The zero-order chi connectivity index (χ0) is 16.9. The molecule has 6 heteroatoms. The first-order valence-corrected chi connectivity index (χ1v) is 7.49. The summed E-state index contributed by atoms with van der Waals surface area (Å²) < 4.78 is 0. The number of nitriles is 1. The van der Waals surface area contributed by atoms with Crippen molar-refractivity contribution < 1.29 is 9.59 Å². The van der Waals surface area contributed by atoms with Crippen molar-refractivity contribution in [1.29, 1.82) is 5.26 Å². The minimum absolute atomic E-state index is 0.280. The number of nitrogens with zero attached hydrogens (tertiary/aromatic N) is 4. The van der Waals surface area contributed by atoms with E-state index < -0.39 is 17.7 Å². The van der Waals surface area contributed by atoms with Gasteiger partial charge in [-0.05, 0) is 23.8 Å². The maximum absolute atomic E-state index is 12.9. The molecular formula is C18H14N4O2. The normalized spacial score (nSPS) is 17.0. The molecule has 2 amide bonds. The van der Waals surface area contributed by atoms with Gasteiger partial charge in [-0.25, -0.2) is 9.88 Å². The van der Waals surface area contributed by atoms with Gasteiger partial charge in [-0.2, -0.15) is 5.26 Å². The Labute approximate surface area is 139 Å². The molecule has 0 spiro atoms.